The lowest BCUT2D eigenvalue weighted by Gasteiger charge is -2.37. The topological polar surface area (TPSA) is 57.5 Å². The molecule has 0 fully saturated rings. The Morgan fingerprint density at radius 3 is 2.62 bits per heavy atom. The van der Waals surface area contributed by atoms with Crippen LogP contribution in [0.3, 0.4) is 0 Å². The molecule has 0 aromatic carbocycles. The molecule has 0 heterocycles. The van der Waals surface area contributed by atoms with E-state index in [-0.39, 0.29) is 11.3 Å². The molecule has 0 aromatic heterocycles. The van der Waals surface area contributed by atoms with Crippen LogP contribution in [0.1, 0.15) is 27.2 Å². The molecule has 0 radical (unpaired) electrons. The quantitative estimate of drug-likeness (QED) is 0.648. The van der Waals surface area contributed by atoms with Crippen LogP contribution in [0, 0.1) is 11.3 Å². The van der Waals surface area contributed by atoms with Crippen LogP contribution in [0.25, 0.3) is 0 Å². The minimum absolute atomic E-state index is 0.00611. The number of carboxylic acids is 1. The molecule has 1 rings (SSSR count). The third kappa shape index (κ3) is 1.91. The summed E-state index contributed by atoms with van der Waals surface area (Å²) in [6.45, 7) is 5.86. The zero-order chi connectivity index (χ0) is 10.2. The Bertz CT molecular complexity index is 253. The van der Waals surface area contributed by atoms with Gasteiger partial charge in [-0.05, 0) is 23.8 Å². The molecule has 0 aliphatic heterocycles. The average molecular weight is 184 g/mol. The van der Waals surface area contributed by atoms with E-state index in [2.05, 4.69) is 0 Å². The van der Waals surface area contributed by atoms with Crippen molar-refractivity contribution in [3.05, 3.63) is 11.6 Å². The third-order valence-electron chi connectivity index (χ3n) is 2.99. The SMILES string of the molecule is C[C@@H]1C(C(=O)O)=C[C@H](O)CC1(C)C. The van der Waals surface area contributed by atoms with E-state index in [1.54, 1.807) is 0 Å². The lowest BCUT2D eigenvalue weighted by molar-refractivity contribution is -0.134. The van der Waals surface area contributed by atoms with Crippen LogP contribution in [0.4, 0.5) is 0 Å². The Labute approximate surface area is 78.1 Å². The van der Waals surface area contributed by atoms with Gasteiger partial charge in [-0.15, -0.1) is 0 Å². The van der Waals surface area contributed by atoms with Gasteiger partial charge in [0.25, 0.3) is 0 Å². The highest BCUT2D eigenvalue weighted by molar-refractivity contribution is 5.87. The lowest BCUT2D eigenvalue weighted by atomic mass is 9.68. The number of hydrogen-bond acceptors (Lipinski definition) is 2. The first-order valence-electron chi connectivity index (χ1n) is 4.47. The average Bonchev–Trinajstić information content (AvgIpc) is 1.95. The number of aliphatic carboxylic acids is 1. The smallest absolute Gasteiger partial charge is 0.331 e. The molecule has 13 heavy (non-hydrogen) atoms. The largest absolute Gasteiger partial charge is 0.478 e. The molecule has 3 heteroatoms. The maximum Gasteiger partial charge on any atom is 0.331 e. The summed E-state index contributed by atoms with van der Waals surface area (Å²) in [5.41, 5.74) is 0.200. The molecular formula is C10H16O3. The number of aliphatic hydroxyl groups excluding tert-OH is 1. The standard InChI is InChI=1S/C10H16O3/c1-6-8(9(12)13)4-7(11)5-10(6,2)3/h4,6-7,11H,5H2,1-3H3,(H,12,13)/t6-,7+/m1/s1. The van der Waals surface area contributed by atoms with Gasteiger partial charge in [0.1, 0.15) is 0 Å². The normalized spacial score (nSPS) is 32.5. The number of hydrogen-bond donors (Lipinski definition) is 2. The predicted molar refractivity (Wildman–Crippen MR) is 49.3 cm³/mol. The Hall–Kier alpha value is -0.830. The van der Waals surface area contributed by atoms with Crippen molar-refractivity contribution in [2.45, 2.75) is 33.3 Å². The molecule has 0 saturated carbocycles. The van der Waals surface area contributed by atoms with E-state index in [1.165, 1.54) is 6.08 Å². The summed E-state index contributed by atoms with van der Waals surface area (Å²) in [6.07, 6.45) is 1.47. The molecule has 1 aliphatic rings. The van der Waals surface area contributed by atoms with Gasteiger partial charge in [-0.2, -0.15) is 0 Å². The molecular weight excluding hydrogens is 168 g/mol. The van der Waals surface area contributed by atoms with Crippen molar-refractivity contribution in [2.75, 3.05) is 0 Å². The van der Waals surface area contributed by atoms with Crippen LogP contribution in [-0.4, -0.2) is 22.3 Å². The maximum absolute atomic E-state index is 10.8. The Balaban J connectivity index is 3.01. The van der Waals surface area contributed by atoms with Crippen molar-refractivity contribution in [1.29, 1.82) is 0 Å². The molecule has 0 aromatic rings. The summed E-state index contributed by atoms with van der Waals surface area (Å²) in [6, 6.07) is 0. The molecule has 1 aliphatic carbocycles. The summed E-state index contributed by atoms with van der Waals surface area (Å²) in [4.78, 5) is 10.8. The highest BCUT2D eigenvalue weighted by Gasteiger charge is 2.37. The van der Waals surface area contributed by atoms with Crippen molar-refractivity contribution in [1.82, 2.24) is 0 Å². The molecule has 0 unspecified atom stereocenters. The minimum atomic E-state index is -0.917. The fraction of sp³-hybridized carbons (Fsp3) is 0.700. The van der Waals surface area contributed by atoms with Crippen LogP contribution >= 0.6 is 0 Å². The van der Waals surface area contributed by atoms with E-state index >= 15 is 0 Å². The van der Waals surface area contributed by atoms with Gasteiger partial charge in [-0.1, -0.05) is 20.8 Å². The number of aliphatic hydroxyl groups is 1. The highest BCUT2D eigenvalue weighted by Crippen LogP contribution is 2.40. The van der Waals surface area contributed by atoms with Gasteiger partial charge in [0.2, 0.25) is 0 Å². The second-order valence-corrected chi connectivity index (χ2v) is 4.41. The molecule has 2 N–H and O–H groups in total. The van der Waals surface area contributed by atoms with Crippen LogP contribution in [-0.2, 0) is 4.79 Å². The molecule has 0 amide bonds. The Morgan fingerprint density at radius 1 is 1.62 bits per heavy atom. The fourth-order valence-electron chi connectivity index (χ4n) is 1.80. The van der Waals surface area contributed by atoms with E-state index in [0.29, 0.717) is 12.0 Å². The first-order chi connectivity index (χ1) is 5.84. The van der Waals surface area contributed by atoms with Gasteiger partial charge < -0.3 is 10.2 Å². The second-order valence-electron chi connectivity index (χ2n) is 4.41. The first-order valence-corrected chi connectivity index (χ1v) is 4.47. The van der Waals surface area contributed by atoms with E-state index in [0.717, 1.165) is 0 Å². The molecule has 0 bridgehead atoms. The van der Waals surface area contributed by atoms with E-state index in [1.807, 2.05) is 20.8 Å². The van der Waals surface area contributed by atoms with Gasteiger partial charge in [-0.3, -0.25) is 0 Å². The zero-order valence-corrected chi connectivity index (χ0v) is 8.24. The van der Waals surface area contributed by atoms with Crippen molar-refractivity contribution < 1.29 is 15.0 Å². The first kappa shape index (κ1) is 10.3. The fourth-order valence-corrected chi connectivity index (χ4v) is 1.80. The van der Waals surface area contributed by atoms with Crippen molar-refractivity contribution >= 4 is 5.97 Å². The van der Waals surface area contributed by atoms with E-state index in [4.69, 9.17) is 5.11 Å². The lowest BCUT2D eigenvalue weighted by Crippen LogP contribution is -2.34. The van der Waals surface area contributed by atoms with E-state index in [9.17, 15) is 9.90 Å². The molecule has 3 nitrogen and oxygen atoms in total. The minimum Gasteiger partial charge on any atom is -0.478 e. The van der Waals surface area contributed by atoms with Gasteiger partial charge in [0, 0.05) is 5.57 Å². The second kappa shape index (κ2) is 3.14. The zero-order valence-electron chi connectivity index (χ0n) is 8.24. The van der Waals surface area contributed by atoms with Gasteiger partial charge in [0.05, 0.1) is 6.10 Å². The van der Waals surface area contributed by atoms with Gasteiger partial charge >= 0.3 is 5.97 Å². The molecule has 0 saturated heterocycles. The summed E-state index contributed by atoms with van der Waals surface area (Å²) in [7, 11) is 0. The van der Waals surface area contributed by atoms with Crippen LogP contribution < -0.4 is 0 Å². The van der Waals surface area contributed by atoms with Gasteiger partial charge in [0.15, 0.2) is 0 Å². The predicted octanol–water partition coefficient (Wildman–Crippen LogP) is 1.42. The van der Waals surface area contributed by atoms with Crippen LogP contribution in [0.2, 0.25) is 0 Å². The number of carbonyl (C=O) groups is 1. The maximum atomic E-state index is 10.8. The van der Waals surface area contributed by atoms with Crippen molar-refractivity contribution in [3.63, 3.8) is 0 Å². The molecule has 74 valence electrons. The van der Waals surface area contributed by atoms with E-state index < -0.39 is 12.1 Å². The van der Waals surface area contributed by atoms with Crippen LogP contribution in [0.15, 0.2) is 11.6 Å². The summed E-state index contributed by atoms with van der Waals surface area (Å²) >= 11 is 0. The third-order valence-corrected chi connectivity index (χ3v) is 2.99. The van der Waals surface area contributed by atoms with Crippen molar-refractivity contribution in [2.24, 2.45) is 11.3 Å². The number of rotatable bonds is 1. The van der Waals surface area contributed by atoms with Crippen molar-refractivity contribution in [3.8, 4) is 0 Å². The summed E-state index contributed by atoms with van der Waals surface area (Å²) in [5, 5.41) is 18.3. The monoisotopic (exact) mass is 184 g/mol. The van der Waals surface area contributed by atoms with Gasteiger partial charge in [-0.25, -0.2) is 4.79 Å². The molecule has 2 atom stereocenters. The van der Waals surface area contributed by atoms with Crippen LogP contribution in [0.5, 0.6) is 0 Å². The highest BCUT2D eigenvalue weighted by atomic mass is 16.4. The Kier molecular flexibility index (Phi) is 2.48. The Morgan fingerprint density at radius 2 is 2.15 bits per heavy atom. The molecule has 0 spiro atoms. The summed E-state index contributed by atoms with van der Waals surface area (Å²) < 4.78 is 0. The summed E-state index contributed by atoms with van der Waals surface area (Å²) in [5.74, 6) is -0.923. The number of carboxylic acid groups (broad SMARTS) is 1.